The molecule has 0 aromatic heterocycles. The van der Waals surface area contributed by atoms with Gasteiger partial charge in [-0.15, -0.1) is 0 Å². The van der Waals surface area contributed by atoms with Gasteiger partial charge >= 0.3 is 0 Å². The first-order valence-electron chi connectivity index (χ1n) is 9.37. The number of nitrogens with two attached hydrogens (primary N) is 1. The van der Waals surface area contributed by atoms with Crippen molar-refractivity contribution in [3.63, 3.8) is 0 Å². The van der Waals surface area contributed by atoms with E-state index in [1.165, 1.54) is 5.56 Å². The van der Waals surface area contributed by atoms with Crippen molar-refractivity contribution in [3.8, 4) is 11.5 Å². The summed E-state index contributed by atoms with van der Waals surface area (Å²) >= 11 is 0. The van der Waals surface area contributed by atoms with Crippen LogP contribution in [0.15, 0.2) is 103 Å². The Labute approximate surface area is 165 Å². The summed E-state index contributed by atoms with van der Waals surface area (Å²) in [6.45, 7) is 0.446. The fourth-order valence-corrected chi connectivity index (χ4v) is 4.28. The van der Waals surface area contributed by atoms with Crippen LogP contribution in [0.4, 0.5) is 0 Å². The predicted octanol–water partition coefficient (Wildman–Crippen LogP) is 4.62. The van der Waals surface area contributed by atoms with Crippen LogP contribution in [-0.4, -0.2) is 16.8 Å². The number of hydrogen-bond donors (Lipinski definition) is 3. The maximum Gasteiger partial charge on any atom is 0.115 e. The summed E-state index contributed by atoms with van der Waals surface area (Å²) in [5, 5.41) is 19.7. The smallest absolute Gasteiger partial charge is 0.115 e. The molecule has 3 aromatic rings. The van der Waals surface area contributed by atoms with Crippen LogP contribution >= 0.6 is 0 Å². The Morgan fingerprint density at radius 1 is 0.750 bits per heavy atom. The van der Waals surface area contributed by atoms with Crippen molar-refractivity contribution in [2.45, 2.75) is 11.3 Å². The Bertz CT molecular complexity index is 957. The third kappa shape index (κ3) is 3.00. The number of rotatable bonds is 4. The summed E-state index contributed by atoms with van der Waals surface area (Å²) in [6.07, 6.45) is 6.35. The van der Waals surface area contributed by atoms with Gasteiger partial charge in [0, 0.05) is 17.9 Å². The van der Waals surface area contributed by atoms with Crippen LogP contribution < -0.4 is 5.73 Å². The first-order chi connectivity index (χ1) is 13.6. The van der Waals surface area contributed by atoms with Crippen molar-refractivity contribution in [2.75, 3.05) is 6.54 Å². The van der Waals surface area contributed by atoms with E-state index in [0.717, 1.165) is 16.7 Å². The lowest BCUT2D eigenvalue weighted by Crippen LogP contribution is -2.37. The fraction of sp³-hybridized carbons (Fsp3) is 0.120. The monoisotopic (exact) mass is 369 g/mol. The highest BCUT2D eigenvalue weighted by molar-refractivity contribution is 5.57. The zero-order chi connectivity index (χ0) is 19.6. The molecule has 4 N–H and O–H groups in total. The van der Waals surface area contributed by atoms with Crippen LogP contribution in [-0.2, 0) is 5.41 Å². The maximum absolute atomic E-state index is 9.84. The van der Waals surface area contributed by atoms with E-state index in [4.69, 9.17) is 5.73 Å². The van der Waals surface area contributed by atoms with E-state index in [1.807, 2.05) is 42.5 Å². The van der Waals surface area contributed by atoms with Gasteiger partial charge in [0.25, 0.3) is 0 Å². The SMILES string of the molecule is NCC1=CC=CC(c2ccc(O)cc2)(c2ccc(O)cc2)C1c1ccccc1. The molecule has 3 heteroatoms. The van der Waals surface area contributed by atoms with Crippen molar-refractivity contribution in [1.82, 2.24) is 0 Å². The molecule has 1 atom stereocenters. The average molecular weight is 369 g/mol. The van der Waals surface area contributed by atoms with Crippen LogP contribution in [0.1, 0.15) is 22.6 Å². The van der Waals surface area contributed by atoms with E-state index < -0.39 is 5.41 Å². The predicted molar refractivity (Wildman–Crippen MR) is 112 cm³/mol. The van der Waals surface area contributed by atoms with Gasteiger partial charge in [-0.3, -0.25) is 0 Å². The normalized spacial score (nSPS) is 17.9. The second-order valence-electron chi connectivity index (χ2n) is 7.11. The Morgan fingerprint density at radius 3 is 1.79 bits per heavy atom. The Morgan fingerprint density at radius 2 is 1.29 bits per heavy atom. The van der Waals surface area contributed by atoms with Crippen molar-refractivity contribution in [3.05, 3.63) is 119 Å². The van der Waals surface area contributed by atoms with E-state index in [1.54, 1.807) is 24.3 Å². The molecule has 0 fully saturated rings. The second kappa shape index (κ2) is 7.37. The maximum atomic E-state index is 9.84. The van der Waals surface area contributed by atoms with Crippen molar-refractivity contribution in [2.24, 2.45) is 5.73 Å². The molecule has 3 aromatic carbocycles. The third-order valence-electron chi connectivity index (χ3n) is 5.55. The average Bonchev–Trinajstić information content (AvgIpc) is 2.74. The summed E-state index contributed by atoms with van der Waals surface area (Å²) in [5.41, 5.74) is 10.1. The molecule has 3 nitrogen and oxygen atoms in total. The summed E-state index contributed by atoms with van der Waals surface area (Å²) < 4.78 is 0. The van der Waals surface area contributed by atoms with Gasteiger partial charge in [0.15, 0.2) is 0 Å². The molecule has 140 valence electrons. The Hall–Kier alpha value is -3.30. The third-order valence-corrected chi connectivity index (χ3v) is 5.55. The second-order valence-corrected chi connectivity index (χ2v) is 7.11. The highest BCUT2D eigenvalue weighted by atomic mass is 16.3. The molecule has 0 amide bonds. The molecular formula is C25H23NO2. The standard InChI is InChI=1S/C25H23NO2/c26-17-19-7-4-16-25(20-8-12-22(27)13-9-20,21-10-14-23(28)15-11-21)24(19)18-5-2-1-3-6-18/h1-16,24,27-28H,17,26H2. The molecule has 0 aliphatic heterocycles. The molecule has 1 aliphatic rings. The van der Waals surface area contributed by atoms with Crippen molar-refractivity contribution < 1.29 is 10.2 Å². The summed E-state index contributed by atoms with van der Waals surface area (Å²) in [4.78, 5) is 0. The molecule has 0 bridgehead atoms. The van der Waals surface area contributed by atoms with Gasteiger partial charge in [-0.25, -0.2) is 0 Å². The van der Waals surface area contributed by atoms with Gasteiger partial charge < -0.3 is 15.9 Å². The van der Waals surface area contributed by atoms with E-state index in [2.05, 4.69) is 30.4 Å². The number of allylic oxidation sites excluding steroid dienone is 3. The minimum Gasteiger partial charge on any atom is -0.508 e. The minimum atomic E-state index is -0.508. The molecule has 0 saturated heterocycles. The van der Waals surface area contributed by atoms with E-state index in [0.29, 0.717) is 6.54 Å². The molecular weight excluding hydrogens is 346 g/mol. The van der Waals surface area contributed by atoms with Crippen molar-refractivity contribution in [1.29, 1.82) is 0 Å². The number of phenolic OH excluding ortho intramolecular Hbond substituents is 2. The number of benzene rings is 3. The quantitative estimate of drug-likeness (QED) is 0.628. The van der Waals surface area contributed by atoms with Crippen LogP contribution in [0.2, 0.25) is 0 Å². The van der Waals surface area contributed by atoms with Crippen LogP contribution in [0, 0.1) is 0 Å². The van der Waals surface area contributed by atoms with Gasteiger partial charge in [0.1, 0.15) is 11.5 Å². The van der Waals surface area contributed by atoms with Gasteiger partial charge in [-0.2, -0.15) is 0 Å². The molecule has 0 heterocycles. The molecule has 4 rings (SSSR count). The van der Waals surface area contributed by atoms with Gasteiger partial charge in [-0.05, 0) is 46.5 Å². The van der Waals surface area contributed by atoms with E-state index >= 15 is 0 Å². The van der Waals surface area contributed by atoms with Gasteiger partial charge in [0.2, 0.25) is 0 Å². The lowest BCUT2D eigenvalue weighted by Gasteiger charge is -2.43. The molecule has 0 spiro atoms. The van der Waals surface area contributed by atoms with E-state index in [-0.39, 0.29) is 17.4 Å². The van der Waals surface area contributed by atoms with Gasteiger partial charge in [0.05, 0.1) is 0 Å². The van der Waals surface area contributed by atoms with Crippen LogP contribution in [0.5, 0.6) is 11.5 Å². The highest BCUT2D eigenvalue weighted by Crippen LogP contribution is 2.51. The Kier molecular flexibility index (Phi) is 4.76. The zero-order valence-corrected chi connectivity index (χ0v) is 15.5. The lowest BCUT2D eigenvalue weighted by molar-refractivity contribution is 0.472. The summed E-state index contributed by atoms with van der Waals surface area (Å²) in [6, 6.07) is 25.1. The fourth-order valence-electron chi connectivity index (χ4n) is 4.28. The molecule has 0 saturated carbocycles. The summed E-state index contributed by atoms with van der Waals surface area (Å²) in [5.74, 6) is 0.461. The largest absolute Gasteiger partial charge is 0.508 e. The topological polar surface area (TPSA) is 66.5 Å². The molecule has 28 heavy (non-hydrogen) atoms. The first kappa shape index (κ1) is 18.1. The molecule has 0 radical (unpaired) electrons. The number of aromatic hydroxyl groups is 2. The lowest BCUT2D eigenvalue weighted by atomic mass is 9.59. The van der Waals surface area contributed by atoms with Gasteiger partial charge in [-0.1, -0.05) is 72.8 Å². The summed E-state index contributed by atoms with van der Waals surface area (Å²) in [7, 11) is 0. The van der Waals surface area contributed by atoms with Crippen LogP contribution in [0.25, 0.3) is 0 Å². The van der Waals surface area contributed by atoms with Crippen molar-refractivity contribution >= 4 is 0 Å². The zero-order valence-electron chi connectivity index (χ0n) is 15.5. The minimum absolute atomic E-state index is 0.00205. The highest BCUT2D eigenvalue weighted by Gasteiger charge is 2.43. The van der Waals surface area contributed by atoms with E-state index in [9.17, 15) is 10.2 Å². The number of hydrogen-bond acceptors (Lipinski definition) is 3. The Balaban J connectivity index is 2.02. The molecule has 1 aliphatic carbocycles. The first-order valence-corrected chi connectivity index (χ1v) is 9.37. The molecule has 1 unspecified atom stereocenters. The van der Waals surface area contributed by atoms with Crippen LogP contribution in [0.3, 0.4) is 0 Å². The number of phenols is 2.